The normalized spacial score (nSPS) is 10.5. The molecule has 0 spiro atoms. The van der Waals surface area contributed by atoms with Gasteiger partial charge in [-0.3, -0.25) is 9.59 Å². The molecule has 0 saturated carbocycles. The van der Waals surface area contributed by atoms with Crippen molar-refractivity contribution in [3.05, 3.63) is 76.1 Å². The second-order valence-electron chi connectivity index (χ2n) is 4.54. The molecule has 0 N–H and O–H groups in total. The van der Waals surface area contributed by atoms with E-state index in [1.807, 2.05) is 6.07 Å². The van der Waals surface area contributed by atoms with Crippen molar-refractivity contribution in [3.63, 3.8) is 0 Å². The van der Waals surface area contributed by atoms with E-state index in [4.69, 9.17) is 9.15 Å². The lowest BCUT2D eigenvalue weighted by Crippen LogP contribution is -2.15. The van der Waals surface area contributed by atoms with Gasteiger partial charge in [-0.05, 0) is 12.1 Å². The molecule has 0 unspecified atom stereocenters. The van der Waals surface area contributed by atoms with Crippen molar-refractivity contribution in [2.75, 3.05) is 7.11 Å². The average Bonchev–Trinajstić information content (AvgIpc) is 2.55. The quantitative estimate of drug-likeness (QED) is 0.692. The summed E-state index contributed by atoms with van der Waals surface area (Å²) in [6.07, 6.45) is 1.21. The first-order chi connectivity index (χ1) is 10.2. The Morgan fingerprint density at radius 2 is 1.86 bits per heavy atom. The summed E-state index contributed by atoms with van der Waals surface area (Å²) < 4.78 is 10.5. The van der Waals surface area contributed by atoms with Gasteiger partial charge in [-0.2, -0.15) is 0 Å². The van der Waals surface area contributed by atoms with Crippen LogP contribution in [0.15, 0.2) is 64.0 Å². The fraction of sp³-hybridized carbons (Fsp3) is 0.0588. The van der Waals surface area contributed by atoms with Crippen LogP contribution in [0.3, 0.4) is 0 Å². The number of hydrogen-bond donors (Lipinski definition) is 0. The van der Waals surface area contributed by atoms with Gasteiger partial charge in [0.05, 0.1) is 12.5 Å². The van der Waals surface area contributed by atoms with Gasteiger partial charge >= 0.3 is 0 Å². The molecular formula is C17H12O4. The minimum atomic E-state index is -0.345. The Labute approximate surface area is 120 Å². The van der Waals surface area contributed by atoms with Crippen LogP contribution in [0.25, 0.3) is 11.0 Å². The van der Waals surface area contributed by atoms with E-state index in [9.17, 15) is 9.59 Å². The fourth-order valence-electron chi connectivity index (χ4n) is 2.14. The zero-order chi connectivity index (χ0) is 14.8. The van der Waals surface area contributed by atoms with E-state index in [1.165, 1.54) is 13.4 Å². The Bertz CT molecular complexity index is 863. The highest BCUT2D eigenvalue weighted by Crippen LogP contribution is 2.19. The predicted octanol–water partition coefficient (Wildman–Crippen LogP) is 3.03. The lowest BCUT2D eigenvalue weighted by Gasteiger charge is -2.04. The summed E-state index contributed by atoms with van der Waals surface area (Å²) in [4.78, 5) is 24.8. The van der Waals surface area contributed by atoms with E-state index in [-0.39, 0.29) is 16.8 Å². The smallest absolute Gasteiger partial charge is 0.203 e. The number of rotatable bonds is 3. The molecule has 21 heavy (non-hydrogen) atoms. The SMILES string of the molecule is COc1ccc2c(=O)c(C(=O)c3ccccc3)coc2c1. The summed E-state index contributed by atoms with van der Waals surface area (Å²) in [5, 5.41) is 0.359. The van der Waals surface area contributed by atoms with E-state index in [1.54, 1.807) is 42.5 Å². The van der Waals surface area contributed by atoms with Crippen LogP contribution < -0.4 is 10.2 Å². The van der Waals surface area contributed by atoms with Gasteiger partial charge in [0.15, 0.2) is 5.78 Å². The Morgan fingerprint density at radius 3 is 2.57 bits per heavy atom. The molecule has 0 aliphatic carbocycles. The van der Waals surface area contributed by atoms with Crippen LogP contribution >= 0.6 is 0 Å². The zero-order valence-electron chi connectivity index (χ0n) is 11.3. The molecular weight excluding hydrogens is 268 g/mol. The van der Waals surface area contributed by atoms with Crippen LogP contribution in [-0.4, -0.2) is 12.9 Å². The molecule has 0 saturated heterocycles. The van der Waals surface area contributed by atoms with Crippen molar-refractivity contribution < 1.29 is 13.9 Å². The summed E-state index contributed by atoms with van der Waals surface area (Å²) >= 11 is 0. The van der Waals surface area contributed by atoms with Crippen molar-refractivity contribution in [3.8, 4) is 5.75 Å². The Hall–Kier alpha value is -2.88. The average molecular weight is 280 g/mol. The number of hydrogen-bond acceptors (Lipinski definition) is 4. The van der Waals surface area contributed by atoms with Crippen molar-refractivity contribution in [1.82, 2.24) is 0 Å². The van der Waals surface area contributed by atoms with Gasteiger partial charge in [-0.1, -0.05) is 30.3 Å². The predicted molar refractivity (Wildman–Crippen MR) is 78.9 cm³/mol. The van der Waals surface area contributed by atoms with E-state index < -0.39 is 0 Å². The number of ether oxygens (including phenoxy) is 1. The molecule has 0 fully saturated rings. The molecule has 0 radical (unpaired) electrons. The van der Waals surface area contributed by atoms with Gasteiger partial charge in [-0.15, -0.1) is 0 Å². The minimum Gasteiger partial charge on any atom is -0.497 e. The Morgan fingerprint density at radius 1 is 1.10 bits per heavy atom. The molecule has 4 nitrogen and oxygen atoms in total. The zero-order valence-corrected chi connectivity index (χ0v) is 11.3. The third-order valence-corrected chi connectivity index (χ3v) is 3.26. The molecule has 1 aromatic heterocycles. The van der Waals surface area contributed by atoms with Gasteiger partial charge in [-0.25, -0.2) is 0 Å². The van der Waals surface area contributed by atoms with E-state index in [0.717, 1.165) is 0 Å². The van der Waals surface area contributed by atoms with E-state index in [0.29, 0.717) is 22.3 Å². The maximum atomic E-state index is 12.4. The Balaban J connectivity index is 2.15. The number of fused-ring (bicyclic) bond motifs is 1. The second-order valence-corrected chi connectivity index (χ2v) is 4.54. The summed E-state index contributed by atoms with van der Waals surface area (Å²) in [5.74, 6) is 0.245. The van der Waals surface area contributed by atoms with Crippen LogP contribution in [0.1, 0.15) is 15.9 Å². The number of carbonyl (C=O) groups is 1. The van der Waals surface area contributed by atoms with Crippen LogP contribution in [-0.2, 0) is 0 Å². The first-order valence-electron chi connectivity index (χ1n) is 6.40. The molecule has 104 valence electrons. The highest BCUT2D eigenvalue weighted by atomic mass is 16.5. The highest BCUT2D eigenvalue weighted by Gasteiger charge is 2.16. The highest BCUT2D eigenvalue weighted by molar-refractivity contribution is 6.09. The van der Waals surface area contributed by atoms with Gasteiger partial charge in [0.2, 0.25) is 5.43 Å². The number of methoxy groups -OCH3 is 1. The maximum Gasteiger partial charge on any atom is 0.203 e. The Kier molecular flexibility index (Phi) is 3.28. The van der Waals surface area contributed by atoms with Gasteiger partial charge in [0.25, 0.3) is 0 Å². The molecule has 0 aliphatic heterocycles. The fourth-order valence-corrected chi connectivity index (χ4v) is 2.14. The van der Waals surface area contributed by atoms with Gasteiger partial charge in [0.1, 0.15) is 23.2 Å². The molecule has 0 atom stereocenters. The second kappa shape index (κ2) is 5.25. The van der Waals surface area contributed by atoms with Crippen molar-refractivity contribution in [2.45, 2.75) is 0 Å². The standard InChI is InChI=1S/C17H12O4/c1-20-12-7-8-13-15(9-12)21-10-14(17(13)19)16(18)11-5-3-2-4-6-11/h2-10H,1H3. The number of carbonyl (C=O) groups excluding carboxylic acids is 1. The molecule has 1 heterocycles. The molecule has 3 rings (SSSR count). The van der Waals surface area contributed by atoms with Crippen LogP contribution in [0.4, 0.5) is 0 Å². The lowest BCUT2D eigenvalue weighted by atomic mass is 10.0. The summed E-state index contributed by atoms with van der Waals surface area (Å²) in [6.45, 7) is 0. The van der Waals surface area contributed by atoms with Crippen LogP contribution in [0.5, 0.6) is 5.75 Å². The number of benzene rings is 2. The minimum absolute atomic E-state index is 0.0267. The van der Waals surface area contributed by atoms with Crippen molar-refractivity contribution in [1.29, 1.82) is 0 Å². The summed E-state index contributed by atoms with van der Waals surface area (Å²) in [7, 11) is 1.53. The van der Waals surface area contributed by atoms with Crippen molar-refractivity contribution >= 4 is 16.8 Å². The molecule has 0 amide bonds. The third kappa shape index (κ3) is 2.31. The largest absolute Gasteiger partial charge is 0.497 e. The maximum absolute atomic E-state index is 12.4. The van der Waals surface area contributed by atoms with Crippen molar-refractivity contribution in [2.24, 2.45) is 0 Å². The first-order valence-corrected chi connectivity index (χ1v) is 6.40. The first kappa shape index (κ1) is 13.1. The van der Waals surface area contributed by atoms with Gasteiger partial charge < -0.3 is 9.15 Å². The van der Waals surface area contributed by atoms with Crippen LogP contribution in [0, 0.1) is 0 Å². The monoisotopic (exact) mass is 280 g/mol. The topological polar surface area (TPSA) is 56.5 Å². The molecule has 3 aromatic rings. The summed E-state index contributed by atoms with van der Waals surface area (Å²) in [6, 6.07) is 13.5. The molecule has 0 bridgehead atoms. The van der Waals surface area contributed by atoms with E-state index in [2.05, 4.69) is 0 Å². The summed E-state index contributed by atoms with van der Waals surface area (Å²) in [5.41, 5.74) is 0.535. The lowest BCUT2D eigenvalue weighted by molar-refractivity contribution is 0.103. The molecule has 4 heteroatoms. The van der Waals surface area contributed by atoms with Crippen LogP contribution in [0.2, 0.25) is 0 Å². The third-order valence-electron chi connectivity index (χ3n) is 3.26. The molecule has 0 aliphatic rings. The number of ketones is 1. The van der Waals surface area contributed by atoms with E-state index >= 15 is 0 Å². The van der Waals surface area contributed by atoms with Gasteiger partial charge in [0, 0.05) is 11.6 Å². The molecule has 2 aromatic carbocycles.